The van der Waals surface area contributed by atoms with Crippen LogP contribution in [-0.4, -0.2) is 26.2 Å². The SMILES string of the molecule is CCCCCCCCc1c(O)c(C(N)=O)c(O)c([N+](=O)[O-])c1O. The van der Waals surface area contributed by atoms with Gasteiger partial charge < -0.3 is 21.1 Å². The first-order valence-corrected chi connectivity index (χ1v) is 7.56. The van der Waals surface area contributed by atoms with Crippen LogP contribution in [0, 0.1) is 10.1 Å². The zero-order chi connectivity index (χ0) is 17.6. The Labute approximate surface area is 133 Å². The molecule has 0 aromatic heterocycles. The summed E-state index contributed by atoms with van der Waals surface area (Å²) in [5.74, 6) is -3.85. The molecule has 5 N–H and O–H groups in total. The Hall–Kier alpha value is -2.51. The van der Waals surface area contributed by atoms with Crippen molar-refractivity contribution >= 4 is 11.6 Å². The van der Waals surface area contributed by atoms with Crippen molar-refractivity contribution in [3.8, 4) is 17.2 Å². The van der Waals surface area contributed by atoms with Crippen molar-refractivity contribution in [3.63, 3.8) is 0 Å². The zero-order valence-corrected chi connectivity index (χ0v) is 13.0. The molecule has 0 aliphatic carbocycles. The summed E-state index contributed by atoms with van der Waals surface area (Å²) < 4.78 is 0. The number of aromatic hydroxyl groups is 3. The van der Waals surface area contributed by atoms with Crippen LogP contribution in [0.5, 0.6) is 17.2 Å². The number of hydrogen-bond donors (Lipinski definition) is 4. The summed E-state index contributed by atoms with van der Waals surface area (Å²) in [4.78, 5) is 21.3. The molecule has 23 heavy (non-hydrogen) atoms. The largest absolute Gasteiger partial charge is 0.507 e. The maximum Gasteiger partial charge on any atom is 0.353 e. The second-order valence-electron chi connectivity index (χ2n) is 5.39. The molecule has 0 unspecified atom stereocenters. The molecular formula is C15H22N2O6. The number of phenols is 3. The van der Waals surface area contributed by atoms with Gasteiger partial charge in [0.2, 0.25) is 11.5 Å². The molecule has 1 aromatic carbocycles. The maximum atomic E-state index is 11.3. The summed E-state index contributed by atoms with van der Waals surface area (Å²) in [6, 6.07) is 0. The zero-order valence-electron chi connectivity index (χ0n) is 13.0. The van der Waals surface area contributed by atoms with Gasteiger partial charge in [0, 0.05) is 5.56 Å². The maximum absolute atomic E-state index is 11.3. The molecule has 0 fully saturated rings. The number of rotatable bonds is 9. The van der Waals surface area contributed by atoms with Crippen molar-refractivity contribution in [2.75, 3.05) is 0 Å². The summed E-state index contributed by atoms with van der Waals surface area (Å²) in [5.41, 5.74) is 3.15. The highest BCUT2D eigenvalue weighted by molar-refractivity contribution is 6.01. The van der Waals surface area contributed by atoms with Gasteiger partial charge in [-0.2, -0.15) is 0 Å². The Morgan fingerprint density at radius 2 is 1.61 bits per heavy atom. The second kappa shape index (κ2) is 8.21. The highest BCUT2D eigenvalue weighted by Crippen LogP contribution is 2.47. The van der Waals surface area contributed by atoms with Gasteiger partial charge in [0.05, 0.1) is 4.92 Å². The number of benzene rings is 1. The summed E-state index contributed by atoms with van der Waals surface area (Å²) in [6.07, 6.45) is 5.80. The van der Waals surface area contributed by atoms with Gasteiger partial charge in [-0.25, -0.2) is 0 Å². The van der Waals surface area contributed by atoms with E-state index in [1.807, 2.05) is 0 Å². The van der Waals surface area contributed by atoms with Gasteiger partial charge in [0.15, 0.2) is 0 Å². The Bertz CT molecular complexity index is 559. The standard InChI is InChI=1S/C15H22N2O6/c1-2-3-4-5-6-7-8-9-12(18)10(15(16)21)14(20)11(13(9)19)17(22)23/h18-20H,2-8H2,1H3,(H2,16,21). The van der Waals surface area contributed by atoms with Crippen molar-refractivity contribution in [1.29, 1.82) is 0 Å². The minimum atomic E-state index is -1.20. The molecule has 0 aliphatic heterocycles. The van der Waals surface area contributed by atoms with Crippen LogP contribution in [0.3, 0.4) is 0 Å². The molecule has 0 heterocycles. The Balaban J connectivity index is 3.06. The average molecular weight is 326 g/mol. The number of carbonyl (C=O) groups is 1. The van der Waals surface area contributed by atoms with E-state index in [1.165, 1.54) is 0 Å². The molecule has 0 aliphatic rings. The number of nitro groups is 1. The van der Waals surface area contributed by atoms with Gasteiger partial charge in [-0.05, 0) is 12.8 Å². The molecule has 0 spiro atoms. The number of phenolic OH excluding ortho intramolecular Hbond substituents is 1. The summed E-state index contributed by atoms with van der Waals surface area (Å²) in [6.45, 7) is 2.09. The lowest BCUT2D eigenvalue weighted by Crippen LogP contribution is -2.13. The van der Waals surface area contributed by atoms with Gasteiger partial charge in [-0.3, -0.25) is 14.9 Å². The molecule has 8 heteroatoms. The number of carbonyl (C=O) groups excluding carboxylic acids is 1. The van der Waals surface area contributed by atoms with Crippen LogP contribution in [0.2, 0.25) is 0 Å². The van der Waals surface area contributed by atoms with E-state index in [0.29, 0.717) is 6.42 Å². The average Bonchev–Trinajstić information content (AvgIpc) is 2.44. The van der Waals surface area contributed by atoms with E-state index >= 15 is 0 Å². The fraction of sp³-hybridized carbons (Fsp3) is 0.533. The first-order valence-electron chi connectivity index (χ1n) is 7.56. The van der Waals surface area contributed by atoms with Crippen LogP contribution in [0.25, 0.3) is 0 Å². The van der Waals surface area contributed by atoms with Crippen molar-refractivity contribution < 1.29 is 25.0 Å². The highest BCUT2D eigenvalue weighted by Gasteiger charge is 2.32. The summed E-state index contributed by atoms with van der Waals surface area (Å²) >= 11 is 0. The molecule has 1 aromatic rings. The Morgan fingerprint density at radius 1 is 1.04 bits per heavy atom. The molecule has 0 atom stereocenters. The minimum Gasteiger partial charge on any atom is -0.507 e. The highest BCUT2D eigenvalue weighted by atomic mass is 16.6. The lowest BCUT2D eigenvalue weighted by atomic mass is 9.98. The third-order valence-corrected chi connectivity index (χ3v) is 3.70. The molecule has 0 radical (unpaired) electrons. The molecule has 1 amide bonds. The summed E-state index contributed by atoms with van der Waals surface area (Å²) in [7, 11) is 0. The van der Waals surface area contributed by atoms with Crippen molar-refractivity contribution in [3.05, 3.63) is 21.2 Å². The van der Waals surface area contributed by atoms with Crippen LogP contribution in [0.15, 0.2) is 0 Å². The number of unbranched alkanes of at least 4 members (excludes halogenated alkanes) is 5. The predicted molar refractivity (Wildman–Crippen MR) is 83.7 cm³/mol. The monoisotopic (exact) mass is 326 g/mol. The Kier molecular flexibility index (Phi) is 6.62. The fourth-order valence-electron chi connectivity index (χ4n) is 2.47. The molecule has 8 nitrogen and oxygen atoms in total. The number of hydrogen-bond acceptors (Lipinski definition) is 6. The van der Waals surface area contributed by atoms with E-state index in [0.717, 1.165) is 32.1 Å². The van der Waals surface area contributed by atoms with E-state index < -0.39 is 39.3 Å². The summed E-state index contributed by atoms with van der Waals surface area (Å²) in [5, 5.41) is 40.7. The van der Waals surface area contributed by atoms with Gasteiger partial charge in [-0.1, -0.05) is 39.0 Å². The third-order valence-electron chi connectivity index (χ3n) is 3.70. The van der Waals surface area contributed by atoms with Crippen LogP contribution in [0.1, 0.15) is 61.4 Å². The van der Waals surface area contributed by atoms with Crippen molar-refractivity contribution in [1.82, 2.24) is 0 Å². The van der Waals surface area contributed by atoms with Crippen LogP contribution < -0.4 is 5.73 Å². The minimum absolute atomic E-state index is 0.140. The first kappa shape index (κ1) is 18.5. The molecule has 0 saturated heterocycles. The van der Waals surface area contributed by atoms with Crippen LogP contribution >= 0.6 is 0 Å². The third kappa shape index (κ3) is 4.24. The van der Waals surface area contributed by atoms with Gasteiger partial charge >= 0.3 is 5.69 Å². The Morgan fingerprint density at radius 3 is 2.13 bits per heavy atom. The normalized spacial score (nSPS) is 10.7. The molecule has 1 rings (SSSR count). The quantitative estimate of drug-likeness (QED) is 0.311. The first-order chi connectivity index (χ1) is 10.8. The molecular weight excluding hydrogens is 304 g/mol. The van der Waals surface area contributed by atoms with Crippen LogP contribution in [-0.2, 0) is 6.42 Å². The van der Waals surface area contributed by atoms with Crippen molar-refractivity contribution in [2.45, 2.75) is 51.9 Å². The van der Waals surface area contributed by atoms with E-state index in [1.54, 1.807) is 0 Å². The fourth-order valence-corrected chi connectivity index (χ4v) is 2.47. The number of primary amides is 1. The van der Waals surface area contributed by atoms with E-state index in [9.17, 15) is 30.2 Å². The van der Waals surface area contributed by atoms with Gasteiger partial charge in [0.25, 0.3) is 5.91 Å². The number of nitrogens with zero attached hydrogens (tertiary/aromatic N) is 1. The predicted octanol–water partition coefficient (Wildman–Crippen LogP) is 2.71. The van der Waals surface area contributed by atoms with Gasteiger partial charge in [0.1, 0.15) is 11.3 Å². The lowest BCUT2D eigenvalue weighted by molar-refractivity contribution is -0.387. The van der Waals surface area contributed by atoms with E-state index in [4.69, 9.17) is 5.73 Å². The van der Waals surface area contributed by atoms with E-state index in [2.05, 4.69) is 6.92 Å². The molecule has 0 saturated carbocycles. The topological polar surface area (TPSA) is 147 Å². The second-order valence-corrected chi connectivity index (χ2v) is 5.39. The number of nitrogens with two attached hydrogens (primary N) is 1. The van der Waals surface area contributed by atoms with Crippen LogP contribution in [0.4, 0.5) is 5.69 Å². The van der Waals surface area contributed by atoms with Gasteiger partial charge in [-0.15, -0.1) is 0 Å². The van der Waals surface area contributed by atoms with Crippen molar-refractivity contribution in [2.24, 2.45) is 5.73 Å². The number of amides is 1. The lowest BCUT2D eigenvalue weighted by Gasteiger charge is -2.12. The van der Waals surface area contributed by atoms with E-state index in [-0.39, 0.29) is 12.0 Å². The molecule has 0 bridgehead atoms. The molecule has 128 valence electrons. The smallest absolute Gasteiger partial charge is 0.353 e. The number of nitro benzene ring substituents is 1.